The molecule has 95 heavy (non-hydrogen) atoms. The van der Waals surface area contributed by atoms with Crippen LogP contribution in [0.25, 0.3) is 43.1 Å². The highest BCUT2D eigenvalue weighted by Crippen LogP contribution is 2.56. The lowest BCUT2D eigenvalue weighted by Crippen LogP contribution is -2.35. The average Bonchev–Trinajstić information content (AvgIpc) is 1.47. The Balaban J connectivity index is 0.000000478. The van der Waals surface area contributed by atoms with Crippen LogP contribution in [-0.4, -0.2) is 146 Å². The molecule has 8 aliphatic rings. The second kappa shape index (κ2) is 29.0. The number of fused-ring (bicyclic) bond motifs is 2. The molecule has 0 aromatic heterocycles. The van der Waals surface area contributed by atoms with Gasteiger partial charge in [-0.2, -0.15) is 0 Å². The van der Waals surface area contributed by atoms with E-state index in [-0.39, 0.29) is 64.6 Å². The molecule has 0 radical (unpaired) electrons. The molecule has 2 amide bonds. The number of carboxylic acid groups (broad SMARTS) is 4. The summed E-state index contributed by atoms with van der Waals surface area (Å²) in [4.78, 5) is 78.0. The lowest BCUT2D eigenvalue weighted by molar-refractivity contribution is -0.140. The minimum atomic E-state index is -1.28. The van der Waals surface area contributed by atoms with Crippen LogP contribution in [0.3, 0.4) is 0 Å². The molecule has 0 unspecified atom stereocenters. The molecule has 0 spiro atoms. The van der Waals surface area contributed by atoms with Gasteiger partial charge in [-0.25, -0.2) is 19.2 Å². The van der Waals surface area contributed by atoms with Crippen molar-refractivity contribution in [1.29, 1.82) is 0 Å². The van der Waals surface area contributed by atoms with Gasteiger partial charge in [-0.15, -0.1) is 0 Å². The summed E-state index contributed by atoms with van der Waals surface area (Å²) in [7, 11) is 0. The summed E-state index contributed by atoms with van der Waals surface area (Å²) in [5.74, 6) is -5.11. The summed E-state index contributed by atoms with van der Waals surface area (Å²) in [6.45, 7) is 2.64. The van der Waals surface area contributed by atoms with E-state index >= 15 is 9.59 Å². The van der Waals surface area contributed by atoms with Crippen LogP contribution in [0.1, 0.15) is 117 Å². The zero-order chi connectivity index (χ0) is 64.3. The van der Waals surface area contributed by atoms with E-state index in [1.807, 2.05) is 0 Å². The second-order valence-corrected chi connectivity index (χ2v) is 23.2. The van der Waals surface area contributed by atoms with Crippen molar-refractivity contribution in [2.75, 3.05) is 66.1 Å². The normalized spacial score (nSPS) is 18.8. The molecule has 8 heterocycles. The van der Waals surface area contributed by atoms with Gasteiger partial charge >= 0.3 is 23.9 Å². The highest BCUT2D eigenvalue weighted by atomic mass is 16.7. The van der Waals surface area contributed by atoms with Crippen LogP contribution < -0.4 is 48.5 Å². The highest BCUT2D eigenvalue weighted by molar-refractivity contribution is 6.13. The van der Waals surface area contributed by atoms with Gasteiger partial charge in [0.25, 0.3) is 11.8 Å². The first kappa shape index (κ1) is 66.3. The molecule has 498 valence electrons. The zero-order valence-electron chi connectivity index (χ0n) is 51.4. The second-order valence-electron chi connectivity index (χ2n) is 23.2. The summed E-state index contributed by atoms with van der Waals surface area (Å²) in [5.41, 5.74) is 3.67. The van der Waals surface area contributed by atoms with Crippen LogP contribution in [-0.2, 0) is 46.5 Å². The number of amides is 2. The van der Waals surface area contributed by atoms with E-state index in [2.05, 4.69) is 10.6 Å². The SMILES string of the molecule is C1CCOC1.C1CCOC1.C1CCOC1.O.O.O=C(O)COc1ccc2c3c4ccc2c1CNC(=O)c1c(OCC(=O)O)ccc2c5c(ccc12)OC1CC5c2c(ccc5c(c(OCC(=O)O)ccc25)C(=O)NCc2c(OCC(=O)O)ccc5c6c(ccc25)OC(CC36)O4)O1. The van der Waals surface area contributed by atoms with Crippen LogP contribution in [0.2, 0.25) is 0 Å². The summed E-state index contributed by atoms with van der Waals surface area (Å²) in [6, 6.07) is 27.2. The Morgan fingerprint density at radius 3 is 0.916 bits per heavy atom. The van der Waals surface area contributed by atoms with Crippen molar-refractivity contribution in [3.63, 3.8) is 0 Å². The number of carbonyl (C=O) groups is 6. The van der Waals surface area contributed by atoms with Gasteiger partial charge in [-0.1, -0.05) is 36.4 Å². The number of aliphatic carboxylic acids is 4. The summed E-state index contributed by atoms with van der Waals surface area (Å²) < 4.78 is 64.1. The first-order valence-corrected chi connectivity index (χ1v) is 31.0. The molecule has 3 saturated heterocycles. The van der Waals surface area contributed by atoms with E-state index in [0.29, 0.717) is 94.8 Å². The third kappa shape index (κ3) is 13.6. The molecule has 25 heteroatoms. The van der Waals surface area contributed by atoms with Crippen LogP contribution >= 0.6 is 0 Å². The molecule has 0 atom stereocenters. The lowest BCUT2D eigenvalue weighted by atomic mass is 9.78. The van der Waals surface area contributed by atoms with Crippen LogP contribution in [0.5, 0.6) is 46.0 Å². The standard InChI is InChI=1S/C58H42N2O18.3C4H8O.2H2O/c61-45(62)21-71-37-9-3-27-25-1-13-41-51(27)33-17-49(75-41)76-42-14-2-26-28(52(33)42)4-10-38(72-22-46(63)64)36(26)20-60-58(70)56-32-8-16-44-54(30(32)6-12-40(56)74-24-48(67)68)34-18-50(78-44)77-43-15-7-31-29(53(34)43)5-11-39(73-23-47(65)66)55(31)57(69)59-19-35(25)37;3*1-2-4-5-3-1;;/h1-16,33-34,49-50H,17-24H2,(H,59,69)(H,60,70)(H,61,62)(H,63,64)(H,65,66)(H,67,68);3*1-4H2;2*1H2. The third-order valence-corrected chi connectivity index (χ3v) is 17.3. The van der Waals surface area contributed by atoms with E-state index in [1.54, 1.807) is 84.9 Å². The van der Waals surface area contributed by atoms with E-state index < -0.39 is 86.5 Å². The Morgan fingerprint density at radius 2 is 0.632 bits per heavy atom. The van der Waals surface area contributed by atoms with Gasteiger partial charge in [-0.3, -0.25) is 9.59 Å². The smallest absolute Gasteiger partial charge is 0.341 e. The number of hydrogen-bond acceptors (Lipinski definition) is 17. The van der Waals surface area contributed by atoms with E-state index in [1.165, 1.54) is 50.7 Å². The zero-order valence-corrected chi connectivity index (χ0v) is 51.4. The van der Waals surface area contributed by atoms with Crippen LogP contribution in [0, 0.1) is 0 Å². The Morgan fingerprint density at radius 1 is 0.368 bits per heavy atom. The third-order valence-electron chi connectivity index (χ3n) is 17.3. The van der Waals surface area contributed by atoms with E-state index in [9.17, 15) is 39.6 Å². The van der Waals surface area contributed by atoms with Gasteiger partial charge in [0.1, 0.15) is 46.0 Å². The van der Waals surface area contributed by atoms with Crippen LogP contribution in [0.4, 0.5) is 0 Å². The number of rotatable bonds is 12. The maximum Gasteiger partial charge on any atom is 0.341 e. The maximum absolute atomic E-state index is 15.1. The first-order valence-electron chi connectivity index (χ1n) is 31.0. The van der Waals surface area contributed by atoms with Gasteiger partial charge in [0.2, 0.25) is 12.6 Å². The van der Waals surface area contributed by atoms with Gasteiger partial charge in [0.15, 0.2) is 26.4 Å². The molecule has 25 nitrogen and oxygen atoms in total. The van der Waals surface area contributed by atoms with Crippen molar-refractivity contribution < 1.29 is 112 Å². The molecule has 20 bridgehead atoms. The molecular weight excluding hydrogens is 1240 g/mol. The number of hydrogen-bond donors (Lipinski definition) is 6. The molecule has 16 rings (SSSR count). The van der Waals surface area contributed by atoms with Crippen molar-refractivity contribution in [2.45, 2.75) is 88.9 Å². The van der Waals surface area contributed by atoms with Gasteiger partial charge < -0.3 is 94.1 Å². The minimum absolute atomic E-state index is 0. The Labute approximate surface area is 542 Å². The van der Waals surface area contributed by atoms with Crippen molar-refractivity contribution in [1.82, 2.24) is 10.6 Å². The van der Waals surface area contributed by atoms with Crippen molar-refractivity contribution in [3.05, 3.63) is 142 Å². The largest absolute Gasteiger partial charge is 0.482 e. The Hall–Kier alpha value is -10.2. The van der Waals surface area contributed by atoms with Crippen LogP contribution in [0.15, 0.2) is 97.1 Å². The fourth-order valence-electron chi connectivity index (χ4n) is 13.4. The van der Waals surface area contributed by atoms with Gasteiger partial charge in [0, 0.05) is 111 Å². The number of ether oxygens (including phenoxy) is 11. The molecule has 0 aliphatic carbocycles. The molecule has 10 N–H and O–H groups in total. The van der Waals surface area contributed by atoms with Crippen molar-refractivity contribution in [2.24, 2.45) is 0 Å². The number of carbonyl (C=O) groups excluding carboxylic acids is 2. The predicted octanol–water partition coefficient (Wildman–Crippen LogP) is 8.33. The maximum atomic E-state index is 15.1. The van der Waals surface area contributed by atoms with Crippen molar-refractivity contribution >= 4 is 78.8 Å². The van der Waals surface area contributed by atoms with E-state index in [0.717, 1.165) is 50.8 Å². The summed E-state index contributed by atoms with van der Waals surface area (Å²) in [6.07, 6.45) is 6.84. The molecule has 8 aromatic carbocycles. The highest BCUT2D eigenvalue weighted by Gasteiger charge is 2.42. The Bertz CT molecular complexity index is 3990. The fourth-order valence-corrected chi connectivity index (χ4v) is 13.4. The molecule has 8 aliphatic heterocycles. The quantitative estimate of drug-likeness (QED) is 0.0669. The molecule has 3 fully saturated rings. The molecular formula is C70H70N2O23. The predicted molar refractivity (Wildman–Crippen MR) is 341 cm³/mol. The number of benzene rings is 8. The Kier molecular flexibility index (Phi) is 20.2. The fraction of sp³-hybridized carbons (Fsp3) is 0.343. The monoisotopic (exact) mass is 1310 g/mol. The summed E-state index contributed by atoms with van der Waals surface area (Å²) >= 11 is 0. The number of nitrogens with one attached hydrogen (secondary N) is 2. The topological polar surface area (TPSA) is 372 Å². The summed E-state index contributed by atoms with van der Waals surface area (Å²) in [5, 5.41) is 49.5. The first-order chi connectivity index (χ1) is 45.3. The average molecular weight is 1310 g/mol. The number of carboxylic acids is 4. The van der Waals surface area contributed by atoms with E-state index in [4.69, 9.17) is 52.1 Å². The van der Waals surface area contributed by atoms with Gasteiger partial charge in [-0.05, 0) is 142 Å². The minimum Gasteiger partial charge on any atom is -0.482 e. The van der Waals surface area contributed by atoms with Gasteiger partial charge in [0.05, 0.1) is 11.1 Å². The lowest BCUT2D eigenvalue weighted by Gasteiger charge is -2.39. The van der Waals surface area contributed by atoms with Crippen molar-refractivity contribution in [3.8, 4) is 46.0 Å². The molecule has 8 aromatic rings. The molecule has 0 saturated carbocycles.